The first-order valence-corrected chi connectivity index (χ1v) is 7.24. The number of rotatable bonds is 4. The van der Waals surface area contributed by atoms with Gasteiger partial charge in [-0.25, -0.2) is 9.29 Å². The molecule has 6 heteroatoms. The molecule has 1 aliphatic heterocycles. The first-order chi connectivity index (χ1) is 9.88. The van der Waals surface area contributed by atoms with E-state index in [0.29, 0.717) is 12.8 Å². The van der Waals surface area contributed by atoms with Gasteiger partial charge in [-0.05, 0) is 25.0 Å². The molecule has 0 atom stereocenters. The minimum atomic E-state index is -0.711. The van der Waals surface area contributed by atoms with E-state index in [9.17, 15) is 14.0 Å². The molecule has 112 valence electrons. The van der Waals surface area contributed by atoms with E-state index in [0.717, 1.165) is 4.90 Å². The summed E-state index contributed by atoms with van der Waals surface area (Å²) in [6.07, 6.45) is 1.25. The highest BCUT2D eigenvalue weighted by atomic mass is 32.1. The minimum absolute atomic E-state index is 0.0581. The fraction of sp³-hybridized carbons (Fsp3) is 0.400. The number of hydrogen-bond donors (Lipinski definition) is 1. The standard InChI is InChI=1S/C15H17FN2O2S/c1-3-15(4-2)8-11(19)18(14(15)20)10-7-5-6-9(16)12(10)13(17)21/h5-7H,3-4,8H2,1-2H3,(H2,17,21). The molecule has 1 saturated heterocycles. The average molecular weight is 308 g/mol. The molecule has 0 bridgehead atoms. The molecule has 2 N–H and O–H groups in total. The number of nitrogens with zero attached hydrogens (tertiary/aromatic N) is 1. The molecule has 2 amide bonds. The first-order valence-electron chi connectivity index (χ1n) is 6.83. The van der Waals surface area contributed by atoms with E-state index in [1.165, 1.54) is 18.2 Å². The quantitative estimate of drug-likeness (QED) is 0.686. The van der Waals surface area contributed by atoms with E-state index in [-0.39, 0.29) is 34.5 Å². The van der Waals surface area contributed by atoms with Crippen LogP contribution in [0.2, 0.25) is 0 Å². The molecule has 0 aliphatic carbocycles. The van der Waals surface area contributed by atoms with Crippen molar-refractivity contribution in [1.29, 1.82) is 0 Å². The van der Waals surface area contributed by atoms with Crippen molar-refractivity contribution in [2.45, 2.75) is 33.1 Å². The Labute approximate surface area is 128 Å². The number of amides is 2. The van der Waals surface area contributed by atoms with Gasteiger partial charge in [0.05, 0.1) is 16.7 Å². The zero-order valence-corrected chi connectivity index (χ0v) is 12.8. The fourth-order valence-electron chi connectivity index (χ4n) is 2.78. The molecule has 21 heavy (non-hydrogen) atoms. The Morgan fingerprint density at radius 3 is 2.48 bits per heavy atom. The van der Waals surface area contributed by atoms with E-state index in [4.69, 9.17) is 18.0 Å². The number of imide groups is 1. The molecule has 1 fully saturated rings. The maximum absolute atomic E-state index is 13.9. The van der Waals surface area contributed by atoms with Crippen molar-refractivity contribution < 1.29 is 14.0 Å². The van der Waals surface area contributed by atoms with Crippen LogP contribution in [0.3, 0.4) is 0 Å². The van der Waals surface area contributed by atoms with E-state index >= 15 is 0 Å². The van der Waals surface area contributed by atoms with Crippen molar-refractivity contribution in [1.82, 2.24) is 0 Å². The van der Waals surface area contributed by atoms with Crippen molar-refractivity contribution in [2.75, 3.05) is 4.90 Å². The lowest BCUT2D eigenvalue weighted by molar-refractivity contribution is -0.126. The number of benzene rings is 1. The van der Waals surface area contributed by atoms with Gasteiger partial charge < -0.3 is 5.73 Å². The van der Waals surface area contributed by atoms with E-state index < -0.39 is 11.2 Å². The van der Waals surface area contributed by atoms with Crippen molar-refractivity contribution in [2.24, 2.45) is 11.1 Å². The molecule has 1 aromatic rings. The van der Waals surface area contributed by atoms with Gasteiger partial charge in [-0.1, -0.05) is 32.1 Å². The second-order valence-electron chi connectivity index (χ2n) is 5.20. The lowest BCUT2D eigenvalue weighted by atomic mass is 9.81. The zero-order valence-electron chi connectivity index (χ0n) is 12.0. The molecule has 0 spiro atoms. The number of thiocarbonyl (C=S) groups is 1. The maximum atomic E-state index is 13.9. The Morgan fingerprint density at radius 1 is 1.38 bits per heavy atom. The number of nitrogens with two attached hydrogens (primary N) is 1. The van der Waals surface area contributed by atoms with Crippen molar-refractivity contribution >= 4 is 34.7 Å². The summed E-state index contributed by atoms with van der Waals surface area (Å²) in [4.78, 5) is 25.8. The summed E-state index contributed by atoms with van der Waals surface area (Å²) in [6, 6.07) is 4.13. The molecule has 1 aromatic carbocycles. The van der Waals surface area contributed by atoms with Gasteiger partial charge in [0.1, 0.15) is 10.8 Å². The summed E-state index contributed by atoms with van der Waals surface area (Å²) in [5, 5.41) is 0. The van der Waals surface area contributed by atoms with Gasteiger partial charge in [-0.3, -0.25) is 9.59 Å². The van der Waals surface area contributed by atoms with Crippen molar-refractivity contribution in [3.63, 3.8) is 0 Å². The zero-order chi connectivity index (χ0) is 15.8. The summed E-state index contributed by atoms with van der Waals surface area (Å²) in [7, 11) is 0. The molecular weight excluding hydrogens is 291 g/mol. The van der Waals surface area contributed by atoms with Gasteiger partial charge in [-0.15, -0.1) is 0 Å². The third-order valence-electron chi connectivity index (χ3n) is 4.23. The highest BCUT2D eigenvalue weighted by molar-refractivity contribution is 7.80. The van der Waals surface area contributed by atoms with Crippen LogP contribution in [0, 0.1) is 11.2 Å². The predicted molar refractivity (Wildman–Crippen MR) is 82.4 cm³/mol. The van der Waals surface area contributed by atoms with E-state index in [2.05, 4.69) is 0 Å². The Bertz CT molecular complexity index is 626. The second kappa shape index (κ2) is 5.52. The largest absolute Gasteiger partial charge is 0.389 e. The lowest BCUT2D eigenvalue weighted by Gasteiger charge is -2.24. The van der Waals surface area contributed by atoms with Gasteiger partial charge in [0.25, 0.3) is 0 Å². The number of hydrogen-bond acceptors (Lipinski definition) is 3. The third kappa shape index (κ3) is 2.33. The molecular formula is C15H17FN2O2S. The van der Waals surface area contributed by atoms with Crippen molar-refractivity contribution in [3.8, 4) is 0 Å². The van der Waals surface area contributed by atoms with Crippen LogP contribution in [0.15, 0.2) is 18.2 Å². The summed E-state index contributed by atoms with van der Waals surface area (Å²) in [6.45, 7) is 3.75. The second-order valence-corrected chi connectivity index (χ2v) is 5.64. The molecule has 0 radical (unpaired) electrons. The summed E-state index contributed by atoms with van der Waals surface area (Å²) >= 11 is 4.85. The van der Waals surface area contributed by atoms with E-state index in [1.54, 1.807) is 0 Å². The number of carbonyl (C=O) groups is 2. The van der Waals surface area contributed by atoms with E-state index in [1.807, 2.05) is 13.8 Å². The van der Waals surface area contributed by atoms with Gasteiger partial charge in [-0.2, -0.15) is 0 Å². The number of anilines is 1. The fourth-order valence-corrected chi connectivity index (χ4v) is 2.99. The summed E-state index contributed by atoms with van der Waals surface area (Å²) in [5.74, 6) is -1.28. The molecule has 0 saturated carbocycles. The van der Waals surface area contributed by atoms with Gasteiger partial charge in [0, 0.05) is 6.42 Å². The van der Waals surface area contributed by atoms with Gasteiger partial charge in [0.2, 0.25) is 11.8 Å². The first kappa shape index (κ1) is 15.6. The van der Waals surface area contributed by atoms with Crippen LogP contribution >= 0.6 is 12.2 Å². The minimum Gasteiger partial charge on any atom is -0.389 e. The van der Waals surface area contributed by atoms with Gasteiger partial charge >= 0.3 is 0 Å². The normalized spacial score (nSPS) is 17.4. The molecule has 0 unspecified atom stereocenters. The Balaban J connectivity index is 2.58. The Morgan fingerprint density at radius 2 is 2.00 bits per heavy atom. The SMILES string of the molecule is CCC1(CC)CC(=O)N(c2cccc(F)c2C(N)=S)C1=O. The third-order valence-corrected chi connectivity index (χ3v) is 4.43. The summed E-state index contributed by atoms with van der Waals surface area (Å²) in [5.41, 5.74) is 4.92. The molecule has 2 rings (SSSR count). The maximum Gasteiger partial charge on any atom is 0.240 e. The molecule has 1 heterocycles. The van der Waals surface area contributed by atoms with Crippen LogP contribution < -0.4 is 10.6 Å². The Hall–Kier alpha value is -1.82. The Kier molecular flexibility index (Phi) is 4.09. The average Bonchev–Trinajstić information content (AvgIpc) is 2.69. The number of carbonyl (C=O) groups excluding carboxylic acids is 2. The van der Waals surface area contributed by atoms with Crippen LogP contribution in [0.25, 0.3) is 0 Å². The highest BCUT2D eigenvalue weighted by Crippen LogP contribution is 2.42. The van der Waals surface area contributed by atoms with Crippen LogP contribution in [0.1, 0.15) is 38.7 Å². The highest BCUT2D eigenvalue weighted by Gasteiger charge is 2.50. The monoisotopic (exact) mass is 308 g/mol. The van der Waals surface area contributed by atoms with Crippen LogP contribution in [-0.4, -0.2) is 16.8 Å². The lowest BCUT2D eigenvalue weighted by Crippen LogP contribution is -2.36. The topological polar surface area (TPSA) is 63.4 Å². The predicted octanol–water partition coefficient (Wildman–Crippen LogP) is 2.53. The summed E-state index contributed by atoms with van der Waals surface area (Å²) < 4.78 is 13.9. The van der Waals surface area contributed by atoms with Gasteiger partial charge in [0.15, 0.2) is 0 Å². The van der Waals surface area contributed by atoms with Crippen molar-refractivity contribution in [3.05, 3.63) is 29.6 Å². The van der Waals surface area contributed by atoms with Crippen LogP contribution in [-0.2, 0) is 9.59 Å². The van der Waals surface area contributed by atoms with Crippen LogP contribution in [0.5, 0.6) is 0 Å². The smallest absolute Gasteiger partial charge is 0.240 e. The molecule has 1 aliphatic rings. The van der Waals surface area contributed by atoms with Crippen LogP contribution in [0.4, 0.5) is 10.1 Å². The molecule has 0 aromatic heterocycles. The number of halogens is 1. The molecule has 4 nitrogen and oxygen atoms in total.